The fraction of sp³-hybridized carbons (Fsp3) is 0.0952. The molecule has 3 heteroatoms. The van der Waals surface area contributed by atoms with Gasteiger partial charge in [0.05, 0.1) is 13.0 Å². The van der Waals surface area contributed by atoms with Crippen molar-refractivity contribution >= 4 is 17.4 Å². The number of ketones is 1. The molecule has 0 spiro atoms. The Morgan fingerprint density at radius 2 is 1.42 bits per heavy atom. The first-order valence-electron chi connectivity index (χ1n) is 7.67. The van der Waals surface area contributed by atoms with E-state index >= 15 is 0 Å². The van der Waals surface area contributed by atoms with E-state index in [2.05, 4.69) is 0 Å². The molecule has 0 aliphatic carbocycles. The molecule has 3 rings (SSSR count). The molecule has 0 radical (unpaired) electrons. The lowest BCUT2D eigenvalue weighted by Crippen LogP contribution is -2.14. The van der Waals surface area contributed by atoms with Crippen molar-refractivity contribution in [2.75, 3.05) is 7.11 Å². The fourth-order valence-corrected chi connectivity index (χ4v) is 2.84. The minimum Gasteiger partial charge on any atom is -0.497 e. The van der Waals surface area contributed by atoms with Crippen LogP contribution in [0.5, 0.6) is 5.75 Å². The van der Waals surface area contributed by atoms with Crippen LogP contribution in [0.25, 0.3) is 0 Å². The van der Waals surface area contributed by atoms with Crippen LogP contribution in [0.2, 0.25) is 5.02 Å². The van der Waals surface area contributed by atoms with Crippen LogP contribution in [0.15, 0.2) is 78.9 Å². The van der Waals surface area contributed by atoms with E-state index in [4.69, 9.17) is 16.3 Å². The minimum atomic E-state index is -0.364. The average molecular weight is 337 g/mol. The van der Waals surface area contributed by atoms with Crippen molar-refractivity contribution in [1.29, 1.82) is 0 Å². The molecule has 0 N–H and O–H groups in total. The van der Waals surface area contributed by atoms with E-state index in [0.29, 0.717) is 10.6 Å². The van der Waals surface area contributed by atoms with Gasteiger partial charge in [0.2, 0.25) is 0 Å². The van der Waals surface area contributed by atoms with Crippen molar-refractivity contribution in [2.24, 2.45) is 0 Å². The number of carbonyl (C=O) groups excluding carboxylic acids is 1. The zero-order chi connectivity index (χ0) is 16.9. The molecule has 0 aromatic heterocycles. The lowest BCUT2D eigenvalue weighted by atomic mass is 9.85. The van der Waals surface area contributed by atoms with Gasteiger partial charge < -0.3 is 4.74 Å². The van der Waals surface area contributed by atoms with Crippen molar-refractivity contribution in [3.8, 4) is 5.75 Å². The van der Waals surface area contributed by atoms with Gasteiger partial charge in [-0.2, -0.15) is 0 Å². The molecule has 120 valence electrons. The van der Waals surface area contributed by atoms with Gasteiger partial charge in [-0.15, -0.1) is 0 Å². The summed E-state index contributed by atoms with van der Waals surface area (Å²) in [6.07, 6.45) is 0. The second-order valence-corrected chi connectivity index (χ2v) is 5.92. The summed E-state index contributed by atoms with van der Waals surface area (Å²) in [5.41, 5.74) is 2.53. The molecule has 0 fully saturated rings. The molecule has 0 saturated carbocycles. The van der Waals surface area contributed by atoms with Crippen LogP contribution < -0.4 is 4.74 Å². The third-order valence-electron chi connectivity index (χ3n) is 3.97. The van der Waals surface area contributed by atoms with Crippen molar-refractivity contribution < 1.29 is 9.53 Å². The van der Waals surface area contributed by atoms with Crippen LogP contribution in [0.4, 0.5) is 0 Å². The van der Waals surface area contributed by atoms with Crippen LogP contribution in [0.3, 0.4) is 0 Å². The number of rotatable bonds is 5. The smallest absolute Gasteiger partial charge is 0.174 e. The van der Waals surface area contributed by atoms with Gasteiger partial charge >= 0.3 is 0 Å². The highest BCUT2D eigenvalue weighted by Gasteiger charge is 2.23. The summed E-state index contributed by atoms with van der Waals surface area (Å²) in [6.45, 7) is 0. The van der Waals surface area contributed by atoms with E-state index in [0.717, 1.165) is 16.9 Å². The van der Waals surface area contributed by atoms with Gasteiger partial charge in [0.25, 0.3) is 0 Å². The molecule has 0 aliphatic rings. The summed E-state index contributed by atoms with van der Waals surface area (Å²) in [5, 5.41) is 0.655. The number of ether oxygens (including phenoxy) is 1. The van der Waals surface area contributed by atoms with E-state index in [9.17, 15) is 4.79 Å². The summed E-state index contributed by atoms with van der Waals surface area (Å²) in [6, 6.07) is 24.4. The highest BCUT2D eigenvalue weighted by molar-refractivity contribution is 6.30. The standard InChI is InChI=1S/C21H17ClO2/c1-24-19-13-9-17(10-14-19)21(23)20(15-5-3-2-4-6-15)16-7-11-18(22)12-8-16/h2-14,20H,1H3. The van der Waals surface area contributed by atoms with Gasteiger partial charge in [-0.3, -0.25) is 4.79 Å². The van der Waals surface area contributed by atoms with Crippen LogP contribution >= 0.6 is 11.6 Å². The molecule has 2 nitrogen and oxygen atoms in total. The first-order chi connectivity index (χ1) is 11.7. The van der Waals surface area contributed by atoms with Crippen molar-refractivity contribution in [3.63, 3.8) is 0 Å². The monoisotopic (exact) mass is 336 g/mol. The van der Waals surface area contributed by atoms with Crippen molar-refractivity contribution in [1.82, 2.24) is 0 Å². The molecule has 0 aliphatic heterocycles. The molecule has 0 saturated heterocycles. The highest BCUT2D eigenvalue weighted by Crippen LogP contribution is 2.30. The zero-order valence-electron chi connectivity index (χ0n) is 13.3. The second kappa shape index (κ2) is 7.33. The first-order valence-corrected chi connectivity index (χ1v) is 8.05. The number of halogens is 1. The Bertz CT molecular complexity index is 809. The third-order valence-corrected chi connectivity index (χ3v) is 4.22. The Morgan fingerprint density at radius 1 is 0.833 bits per heavy atom. The van der Waals surface area contributed by atoms with E-state index in [-0.39, 0.29) is 11.7 Å². The van der Waals surface area contributed by atoms with Gasteiger partial charge in [-0.25, -0.2) is 0 Å². The van der Waals surface area contributed by atoms with Crippen LogP contribution in [-0.4, -0.2) is 12.9 Å². The molecule has 24 heavy (non-hydrogen) atoms. The summed E-state index contributed by atoms with van der Waals surface area (Å²) in [4.78, 5) is 13.2. The predicted octanol–water partition coefficient (Wildman–Crippen LogP) is 5.36. The molecule has 1 atom stereocenters. The number of benzene rings is 3. The first kappa shape index (κ1) is 16.3. The van der Waals surface area contributed by atoms with Crippen molar-refractivity contribution in [2.45, 2.75) is 5.92 Å². The van der Waals surface area contributed by atoms with Crippen molar-refractivity contribution in [3.05, 3.63) is 101 Å². The number of methoxy groups -OCH3 is 1. The minimum absolute atomic E-state index is 0.0474. The molecule has 1 unspecified atom stereocenters. The van der Waals surface area contributed by atoms with Gasteiger partial charge in [0.15, 0.2) is 5.78 Å². The van der Waals surface area contributed by atoms with E-state index in [1.54, 1.807) is 31.4 Å². The lowest BCUT2D eigenvalue weighted by molar-refractivity contribution is 0.0974. The SMILES string of the molecule is COc1ccc(C(=O)C(c2ccccc2)c2ccc(Cl)cc2)cc1. The Labute approximate surface area is 146 Å². The maximum Gasteiger partial charge on any atom is 0.174 e. The van der Waals surface area contributed by atoms with Crippen LogP contribution in [0, 0.1) is 0 Å². The topological polar surface area (TPSA) is 26.3 Å². The fourth-order valence-electron chi connectivity index (χ4n) is 2.72. The zero-order valence-corrected chi connectivity index (χ0v) is 14.0. The molecular formula is C21H17ClO2. The van der Waals surface area contributed by atoms with Crippen LogP contribution in [-0.2, 0) is 0 Å². The number of Topliss-reactive ketones (excluding diaryl/α,β-unsaturated/α-hetero) is 1. The van der Waals surface area contributed by atoms with Crippen LogP contribution in [0.1, 0.15) is 27.4 Å². The Morgan fingerprint density at radius 3 is 2.00 bits per heavy atom. The molecule has 0 amide bonds. The van der Waals surface area contributed by atoms with Gasteiger partial charge in [-0.05, 0) is 47.5 Å². The highest BCUT2D eigenvalue weighted by atomic mass is 35.5. The summed E-state index contributed by atoms with van der Waals surface area (Å²) >= 11 is 5.99. The molecular weight excluding hydrogens is 320 g/mol. The summed E-state index contributed by atoms with van der Waals surface area (Å²) in [7, 11) is 1.61. The Balaban J connectivity index is 2.03. The Hall–Kier alpha value is -2.58. The maximum absolute atomic E-state index is 13.2. The molecule has 0 heterocycles. The normalized spacial score (nSPS) is 11.8. The molecule has 0 bridgehead atoms. The van der Waals surface area contributed by atoms with E-state index < -0.39 is 0 Å². The van der Waals surface area contributed by atoms with Gasteiger partial charge in [-0.1, -0.05) is 54.1 Å². The number of carbonyl (C=O) groups is 1. The quantitative estimate of drug-likeness (QED) is 0.586. The maximum atomic E-state index is 13.2. The summed E-state index contributed by atoms with van der Waals surface area (Å²) in [5.74, 6) is 0.414. The summed E-state index contributed by atoms with van der Waals surface area (Å²) < 4.78 is 5.17. The average Bonchev–Trinajstić information content (AvgIpc) is 2.64. The second-order valence-electron chi connectivity index (χ2n) is 5.49. The number of hydrogen-bond acceptors (Lipinski definition) is 2. The number of hydrogen-bond donors (Lipinski definition) is 0. The van der Waals surface area contributed by atoms with Gasteiger partial charge in [0.1, 0.15) is 5.75 Å². The lowest BCUT2D eigenvalue weighted by Gasteiger charge is -2.17. The largest absolute Gasteiger partial charge is 0.497 e. The molecule has 3 aromatic carbocycles. The van der Waals surface area contributed by atoms with E-state index in [1.165, 1.54) is 0 Å². The predicted molar refractivity (Wildman–Crippen MR) is 97.1 cm³/mol. The van der Waals surface area contributed by atoms with Gasteiger partial charge in [0, 0.05) is 10.6 Å². The van der Waals surface area contributed by atoms with E-state index in [1.807, 2.05) is 54.6 Å². The third kappa shape index (κ3) is 3.50. The Kier molecular flexibility index (Phi) is 4.97. The molecule has 3 aromatic rings.